The van der Waals surface area contributed by atoms with Gasteiger partial charge in [-0.05, 0) is 12.8 Å². The number of thioether (sulfide) groups is 1. The predicted octanol–water partition coefficient (Wildman–Crippen LogP) is 1.85. The molecule has 0 saturated heterocycles. The molecule has 14 heteroatoms. The summed E-state index contributed by atoms with van der Waals surface area (Å²) >= 11 is 0.820. The minimum atomic E-state index is -4.31. The first-order valence-electron chi connectivity index (χ1n) is 9.77. The van der Waals surface area contributed by atoms with Gasteiger partial charge >= 0.3 is 12.1 Å². The number of carboxylic acid groups (broad SMARTS) is 1. The number of carboxylic acids is 1. The quantitative estimate of drug-likeness (QED) is 0.246. The van der Waals surface area contributed by atoms with E-state index in [-0.39, 0.29) is 28.5 Å². The Labute approximate surface area is 179 Å². The molecule has 4 unspecified atom stereocenters. The number of nitrogens with zero attached hydrogens (tertiary/aromatic N) is 5. The van der Waals surface area contributed by atoms with Crippen molar-refractivity contribution in [2.45, 2.75) is 62.2 Å². The summed E-state index contributed by atoms with van der Waals surface area (Å²) in [5.74, 6) is -2.43. The number of alkyl halides is 3. The van der Waals surface area contributed by atoms with Gasteiger partial charge in [0.1, 0.15) is 6.10 Å². The van der Waals surface area contributed by atoms with E-state index in [2.05, 4.69) is 25.6 Å². The molecule has 172 valence electrons. The number of fused-ring (bicyclic) bond motifs is 1. The van der Waals surface area contributed by atoms with Crippen LogP contribution in [0.5, 0.6) is 0 Å². The van der Waals surface area contributed by atoms with Crippen molar-refractivity contribution in [2.75, 3.05) is 17.6 Å². The molecule has 0 bridgehead atoms. The van der Waals surface area contributed by atoms with E-state index in [1.54, 1.807) is 0 Å². The van der Waals surface area contributed by atoms with Gasteiger partial charge in [0.05, 0.1) is 24.5 Å². The van der Waals surface area contributed by atoms with Gasteiger partial charge in [-0.2, -0.15) is 13.2 Å². The highest BCUT2D eigenvalue weighted by Gasteiger charge is 2.47. The standard InChI is InChI=1S/C17H23F3N6O4S/c1-2-3-5-21-13-10-14(23-16(22-13)31-6-4-17(18,19)20)26(25-24-10)9-7-8(15(29)30)11(27)12(9)28/h8-9,11-12,27-28H,2-7H2,1H3,(H,29,30)(H,21,22,23). The van der Waals surface area contributed by atoms with Crippen molar-refractivity contribution in [3.05, 3.63) is 0 Å². The van der Waals surface area contributed by atoms with Crippen molar-refractivity contribution in [2.24, 2.45) is 5.92 Å². The average Bonchev–Trinajstić information content (AvgIpc) is 3.22. The van der Waals surface area contributed by atoms with Crippen molar-refractivity contribution in [3.8, 4) is 0 Å². The number of rotatable bonds is 9. The number of hydrogen-bond donors (Lipinski definition) is 4. The first-order valence-corrected chi connectivity index (χ1v) is 10.8. The van der Waals surface area contributed by atoms with E-state index in [1.807, 2.05) is 6.92 Å². The first kappa shape index (κ1) is 23.5. The van der Waals surface area contributed by atoms with Crippen molar-refractivity contribution in [3.63, 3.8) is 0 Å². The van der Waals surface area contributed by atoms with Crippen LogP contribution in [-0.2, 0) is 4.79 Å². The Morgan fingerprint density at radius 3 is 2.65 bits per heavy atom. The van der Waals surface area contributed by atoms with Gasteiger partial charge in [-0.1, -0.05) is 30.3 Å². The number of hydrogen-bond acceptors (Lipinski definition) is 9. The molecule has 3 rings (SSSR count). The molecule has 0 aliphatic heterocycles. The van der Waals surface area contributed by atoms with Crippen molar-refractivity contribution >= 4 is 34.7 Å². The minimum Gasteiger partial charge on any atom is -0.481 e. The zero-order valence-corrected chi connectivity index (χ0v) is 17.4. The highest BCUT2D eigenvalue weighted by molar-refractivity contribution is 7.99. The average molecular weight is 464 g/mol. The van der Waals surface area contributed by atoms with Gasteiger partial charge in [0, 0.05) is 12.3 Å². The van der Waals surface area contributed by atoms with Crippen LogP contribution in [0.3, 0.4) is 0 Å². The largest absolute Gasteiger partial charge is 0.481 e. The summed E-state index contributed by atoms with van der Waals surface area (Å²) in [4.78, 5) is 19.9. The summed E-state index contributed by atoms with van der Waals surface area (Å²) in [6.07, 6.45) is -6.60. The normalized spacial score (nSPS) is 24.1. The summed E-state index contributed by atoms with van der Waals surface area (Å²) in [6.45, 7) is 2.55. The van der Waals surface area contributed by atoms with E-state index < -0.39 is 42.7 Å². The van der Waals surface area contributed by atoms with E-state index in [0.717, 1.165) is 24.6 Å². The molecule has 1 aliphatic carbocycles. The third-order valence-corrected chi connectivity index (χ3v) is 5.87. The third-order valence-electron chi connectivity index (χ3n) is 5.03. The Kier molecular flexibility index (Phi) is 7.21. The van der Waals surface area contributed by atoms with Gasteiger partial charge in [-0.3, -0.25) is 4.79 Å². The fourth-order valence-corrected chi connectivity index (χ4v) is 4.18. The van der Waals surface area contributed by atoms with Crippen molar-refractivity contribution < 1.29 is 33.3 Å². The highest BCUT2D eigenvalue weighted by Crippen LogP contribution is 2.37. The number of anilines is 1. The molecule has 0 radical (unpaired) electrons. The second kappa shape index (κ2) is 9.53. The molecule has 0 spiro atoms. The maximum Gasteiger partial charge on any atom is 0.389 e. The van der Waals surface area contributed by atoms with Crippen LogP contribution in [0.4, 0.5) is 19.0 Å². The number of aliphatic carboxylic acids is 1. The molecule has 4 N–H and O–H groups in total. The van der Waals surface area contributed by atoms with E-state index in [4.69, 9.17) is 0 Å². The number of aliphatic hydroxyl groups is 2. The number of nitrogens with one attached hydrogen (secondary N) is 1. The van der Waals surface area contributed by atoms with Crippen LogP contribution in [0.1, 0.15) is 38.6 Å². The Morgan fingerprint density at radius 1 is 1.29 bits per heavy atom. The SMILES string of the molecule is CCCCNc1nc(SCCC(F)(F)F)nc2c1nnn2C1CC(C(=O)O)C(O)C1O. The second-order valence-corrected chi connectivity index (χ2v) is 8.35. The Hall–Kier alpha value is -2.19. The summed E-state index contributed by atoms with van der Waals surface area (Å²) in [5, 5.41) is 40.8. The lowest BCUT2D eigenvalue weighted by molar-refractivity contribution is -0.145. The van der Waals surface area contributed by atoms with E-state index >= 15 is 0 Å². The molecule has 10 nitrogen and oxygen atoms in total. The van der Waals surface area contributed by atoms with Crippen LogP contribution < -0.4 is 5.32 Å². The van der Waals surface area contributed by atoms with Crippen LogP contribution in [0.15, 0.2) is 5.16 Å². The number of halogens is 3. The number of aliphatic hydroxyl groups excluding tert-OH is 2. The van der Waals surface area contributed by atoms with Crippen LogP contribution in [-0.4, -0.2) is 76.9 Å². The molecule has 1 saturated carbocycles. The monoisotopic (exact) mass is 464 g/mol. The molecule has 1 aliphatic rings. The van der Waals surface area contributed by atoms with Crippen LogP contribution >= 0.6 is 11.8 Å². The van der Waals surface area contributed by atoms with Gasteiger partial charge in [0.15, 0.2) is 22.1 Å². The lowest BCUT2D eigenvalue weighted by Gasteiger charge is -2.16. The van der Waals surface area contributed by atoms with Gasteiger partial charge in [-0.25, -0.2) is 14.6 Å². The molecule has 1 fully saturated rings. The predicted molar refractivity (Wildman–Crippen MR) is 105 cm³/mol. The fraction of sp³-hybridized carbons (Fsp3) is 0.706. The minimum absolute atomic E-state index is 0.0714. The van der Waals surface area contributed by atoms with E-state index in [0.29, 0.717) is 12.4 Å². The molecular weight excluding hydrogens is 441 g/mol. The van der Waals surface area contributed by atoms with Crippen LogP contribution in [0.25, 0.3) is 11.2 Å². The topological polar surface area (TPSA) is 146 Å². The summed E-state index contributed by atoms with van der Waals surface area (Å²) in [7, 11) is 0. The van der Waals surface area contributed by atoms with E-state index in [1.165, 1.54) is 4.68 Å². The molecule has 4 atom stereocenters. The summed E-state index contributed by atoms with van der Waals surface area (Å²) in [5.41, 5.74) is 0.391. The summed E-state index contributed by atoms with van der Waals surface area (Å²) < 4.78 is 38.7. The number of carbonyl (C=O) groups is 1. The Morgan fingerprint density at radius 2 is 2.03 bits per heavy atom. The van der Waals surface area contributed by atoms with Crippen molar-refractivity contribution in [1.82, 2.24) is 25.0 Å². The lowest BCUT2D eigenvalue weighted by atomic mass is 10.1. The Bertz CT molecular complexity index is 927. The Balaban J connectivity index is 1.94. The molecule has 2 heterocycles. The van der Waals surface area contributed by atoms with Crippen LogP contribution in [0.2, 0.25) is 0 Å². The zero-order chi connectivity index (χ0) is 22.8. The molecule has 2 aromatic rings. The van der Waals surface area contributed by atoms with Gasteiger partial charge in [0.25, 0.3) is 0 Å². The first-order chi connectivity index (χ1) is 14.6. The highest BCUT2D eigenvalue weighted by atomic mass is 32.2. The van der Waals surface area contributed by atoms with Gasteiger partial charge in [-0.15, -0.1) is 5.10 Å². The third kappa shape index (κ3) is 5.36. The zero-order valence-electron chi connectivity index (χ0n) is 16.6. The molecular formula is C17H23F3N6O4S. The number of aromatic nitrogens is 5. The number of unbranched alkanes of at least 4 members (excludes halogenated alkanes) is 1. The van der Waals surface area contributed by atoms with E-state index in [9.17, 15) is 33.3 Å². The van der Waals surface area contributed by atoms with Gasteiger partial charge < -0.3 is 20.6 Å². The molecule has 2 aromatic heterocycles. The lowest BCUT2D eigenvalue weighted by Crippen LogP contribution is -2.32. The molecule has 0 aromatic carbocycles. The van der Waals surface area contributed by atoms with Gasteiger partial charge in [0.2, 0.25) is 0 Å². The smallest absolute Gasteiger partial charge is 0.389 e. The van der Waals surface area contributed by atoms with Crippen molar-refractivity contribution in [1.29, 1.82) is 0 Å². The second-order valence-electron chi connectivity index (χ2n) is 7.28. The molecule has 0 amide bonds. The maximum absolute atomic E-state index is 12.5. The van der Waals surface area contributed by atoms with Crippen LogP contribution in [0, 0.1) is 5.92 Å². The maximum atomic E-state index is 12.5. The fourth-order valence-electron chi connectivity index (χ4n) is 3.36. The summed E-state index contributed by atoms with van der Waals surface area (Å²) in [6, 6.07) is -0.910. The molecule has 31 heavy (non-hydrogen) atoms.